The summed E-state index contributed by atoms with van der Waals surface area (Å²) in [7, 11) is 0. The second kappa shape index (κ2) is 3.49. The summed E-state index contributed by atoms with van der Waals surface area (Å²) in [6.45, 7) is 1.51. The van der Waals surface area contributed by atoms with E-state index in [-0.39, 0.29) is 10.8 Å². The first-order valence-corrected chi connectivity index (χ1v) is 3.79. The first kappa shape index (κ1) is 10.8. The van der Waals surface area contributed by atoms with Gasteiger partial charge in [-0.25, -0.2) is 0 Å². The molecule has 0 aliphatic rings. The molecule has 0 aromatic carbocycles. The number of hydrogen-bond donors (Lipinski definition) is 2. The molecule has 1 amide bonds. The number of hydrogen-bond acceptors (Lipinski definition) is 2. The normalized spacial score (nSPS) is 11.5. The smallest absolute Gasteiger partial charge is 0.300 e. The molecule has 0 saturated carbocycles. The molecule has 1 aromatic heterocycles. The van der Waals surface area contributed by atoms with Gasteiger partial charge >= 0.3 is 12.1 Å². The van der Waals surface area contributed by atoms with E-state index in [0.29, 0.717) is 5.69 Å². The molecule has 1 heterocycles. The van der Waals surface area contributed by atoms with Gasteiger partial charge in [-0.3, -0.25) is 9.89 Å². The number of carbonyl (C=O) groups excluding carboxylic acids is 1. The average Bonchev–Trinajstić information content (AvgIpc) is 2.34. The zero-order chi connectivity index (χ0) is 10.9. The lowest BCUT2D eigenvalue weighted by Crippen LogP contribution is -2.30. The van der Waals surface area contributed by atoms with Crippen molar-refractivity contribution in [2.75, 3.05) is 5.32 Å². The van der Waals surface area contributed by atoms with Crippen molar-refractivity contribution in [1.82, 2.24) is 10.2 Å². The van der Waals surface area contributed by atoms with E-state index in [0.717, 1.165) is 0 Å². The summed E-state index contributed by atoms with van der Waals surface area (Å²) in [6.07, 6.45) is -4.95. The highest BCUT2D eigenvalue weighted by Crippen LogP contribution is 2.24. The van der Waals surface area contributed by atoms with Crippen molar-refractivity contribution >= 4 is 23.3 Å². The summed E-state index contributed by atoms with van der Waals surface area (Å²) in [5.74, 6) is -2.43. The van der Waals surface area contributed by atoms with Gasteiger partial charge in [0.1, 0.15) is 5.02 Å². The van der Waals surface area contributed by atoms with E-state index in [1.54, 1.807) is 0 Å². The number of halogens is 4. The quantitative estimate of drug-likeness (QED) is 0.770. The standard InChI is InChI=1S/C6H5ClF3N3O/c1-2-3(7)4(13-12-2)11-5(14)6(8,9)10/h1H3,(H2,11,12,13,14). The van der Waals surface area contributed by atoms with E-state index in [2.05, 4.69) is 10.2 Å². The summed E-state index contributed by atoms with van der Waals surface area (Å²) in [5.41, 5.74) is 0.379. The molecule has 0 saturated heterocycles. The third-order valence-corrected chi connectivity index (χ3v) is 1.82. The van der Waals surface area contributed by atoms with Crippen LogP contribution in [0, 0.1) is 6.92 Å². The number of aryl methyl sites for hydroxylation is 1. The minimum Gasteiger partial charge on any atom is -0.300 e. The van der Waals surface area contributed by atoms with Crippen LogP contribution in [0.15, 0.2) is 0 Å². The van der Waals surface area contributed by atoms with Crippen molar-refractivity contribution in [3.8, 4) is 0 Å². The van der Waals surface area contributed by atoms with Crippen LogP contribution >= 0.6 is 11.6 Å². The fourth-order valence-electron chi connectivity index (χ4n) is 0.677. The zero-order valence-corrected chi connectivity index (χ0v) is 7.62. The number of amides is 1. The molecule has 0 aliphatic heterocycles. The van der Waals surface area contributed by atoms with Gasteiger partial charge in [-0.2, -0.15) is 18.3 Å². The molecule has 1 rings (SSSR count). The SMILES string of the molecule is Cc1[nH]nc(NC(=O)C(F)(F)F)c1Cl. The maximum absolute atomic E-state index is 11.8. The molecular weight excluding hydrogens is 223 g/mol. The Morgan fingerprint density at radius 1 is 1.57 bits per heavy atom. The molecule has 0 bridgehead atoms. The summed E-state index contributed by atoms with van der Waals surface area (Å²) >= 11 is 5.53. The Balaban J connectivity index is 2.80. The number of H-pyrrole nitrogens is 1. The molecule has 78 valence electrons. The van der Waals surface area contributed by atoms with Crippen molar-refractivity contribution < 1.29 is 18.0 Å². The average molecular weight is 228 g/mol. The lowest BCUT2D eigenvalue weighted by atomic mass is 10.4. The Kier molecular flexibility index (Phi) is 2.70. The Bertz CT molecular complexity index is 360. The second-order valence-electron chi connectivity index (χ2n) is 2.46. The number of alkyl halides is 3. The Hall–Kier alpha value is -1.24. The fraction of sp³-hybridized carbons (Fsp3) is 0.333. The highest BCUT2D eigenvalue weighted by molar-refractivity contribution is 6.34. The van der Waals surface area contributed by atoms with Crippen molar-refractivity contribution in [2.24, 2.45) is 0 Å². The van der Waals surface area contributed by atoms with Crippen LogP contribution < -0.4 is 5.32 Å². The first-order chi connectivity index (χ1) is 6.32. The van der Waals surface area contributed by atoms with E-state index in [4.69, 9.17) is 11.6 Å². The molecule has 4 nitrogen and oxygen atoms in total. The van der Waals surface area contributed by atoms with E-state index < -0.39 is 12.1 Å². The van der Waals surface area contributed by atoms with Gasteiger partial charge in [0.15, 0.2) is 5.82 Å². The van der Waals surface area contributed by atoms with Crippen LogP contribution in [0.2, 0.25) is 5.02 Å². The highest BCUT2D eigenvalue weighted by atomic mass is 35.5. The molecule has 8 heteroatoms. The molecule has 14 heavy (non-hydrogen) atoms. The molecule has 0 spiro atoms. The number of nitrogens with one attached hydrogen (secondary N) is 2. The largest absolute Gasteiger partial charge is 0.471 e. The van der Waals surface area contributed by atoms with Gasteiger partial charge in [0, 0.05) is 0 Å². The maximum Gasteiger partial charge on any atom is 0.471 e. The predicted octanol–water partition coefficient (Wildman–Crippen LogP) is 1.87. The molecule has 0 atom stereocenters. The third-order valence-electron chi connectivity index (χ3n) is 1.36. The maximum atomic E-state index is 11.8. The van der Waals surface area contributed by atoms with Gasteiger partial charge in [0.05, 0.1) is 5.69 Å². The van der Waals surface area contributed by atoms with Gasteiger partial charge in [-0.15, -0.1) is 0 Å². The van der Waals surface area contributed by atoms with Gasteiger partial charge < -0.3 is 5.32 Å². The minimum absolute atomic E-state index is 0.0393. The van der Waals surface area contributed by atoms with Crippen LogP contribution in [0.4, 0.5) is 19.0 Å². The number of nitrogens with zero attached hydrogens (tertiary/aromatic N) is 1. The van der Waals surface area contributed by atoms with Gasteiger partial charge in [0.25, 0.3) is 0 Å². The van der Waals surface area contributed by atoms with Gasteiger partial charge in [-0.1, -0.05) is 11.6 Å². The Morgan fingerprint density at radius 3 is 2.50 bits per heavy atom. The highest BCUT2D eigenvalue weighted by Gasteiger charge is 2.39. The molecule has 0 unspecified atom stereocenters. The van der Waals surface area contributed by atoms with E-state index in [1.165, 1.54) is 12.2 Å². The number of aromatic amines is 1. The monoisotopic (exact) mass is 227 g/mol. The summed E-state index contributed by atoms with van der Waals surface area (Å²) in [6, 6.07) is 0. The second-order valence-corrected chi connectivity index (χ2v) is 2.84. The summed E-state index contributed by atoms with van der Waals surface area (Å²) in [5, 5.41) is 7.20. The first-order valence-electron chi connectivity index (χ1n) is 3.41. The number of rotatable bonds is 1. The van der Waals surface area contributed by atoms with Gasteiger partial charge in [0.2, 0.25) is 0 Å². The van der Waals surface area contributed by atoms with E-state index in [9.17, 15) is 18.0 Å². The summed E-state index contributed by atoms with van der Waals surface area (Å²) < 4.78 is 35.3. The minimum atomic E-state index is -4.95. The summed E-state index contributed by atoms with van der Waals surface area (Å²) in [4.78, 5) is 10.4. The van der Waals surface area contributed by atoms with Crippen molar-refractivity contribution in [3.05, 3.63) is 10.7 Å². The predicted molar refractivity (Wildman–Crippen MR) is 43.0 cm³/mol. The lowest BCUT2D eigenvalue weighted by Gasteiger charge is -2.04. The van der Waals surface area contributed by atoms with Crippen LogP contribution in [0.3, 0.4) is 0 Å². The van der Waals surface area contributed by atoms with Crippen molar-refractivity contribution in [1.29, 1.82) is 0 Å². The number of carbonyl (C=O) groups is 1. The third kappa shape index (κ3) is 2.16. The number of aromatic nitrogens is 2. The van der Waals surface area contributed by atoms with E-state index >= 15 is 0 Å². The van der Waals surface area contributed by atoms with Crippen LogP contribution in [0.1, 0.15) is 5.69 Å². The molecule has 1 aromatic rings. The molecule has 0 aliphatic carbocycles. The topological polar surface area (TPSA) is 57.8 Å². The van der Waals surface area contributed by atoms with Gasteiger partial charge in [-0.05, 0) is 6.92 Å². The molecular formula is C6H5ClF3N3O. The van der Waals surface area contributed by atoms with Crippen molar-refractivity contribution in [3.63, 3.8) is 0 Å². The Labute approximate surface area is 81.4 Å². The van der Waals surface area contributed by atoms with Crippen LogP contribution in [-0.2, 0) is 4.79 Å². The lowest BCUT2D eigenvalue weighted by molar-refractivity contribution is -0.167. The molecule has 0 fully saturated rings. The van der Waals surface area contributed by atoms with Crippen LogP contribution in [-0.4, -0.2) is 22.3 Å². The van der Waals surface area contributed by atoms with Crippen LogP contribution in [0.5, 0.6) is 0 Å². The fourth-order valence-corrected chi connectivity index (χ4v) is 0.809. The Morgan fingerprint density at radius 2 is 2.14 bits per heavy atom. The molecule has 2 N–H and O–H groups in total. The number of anilines is 1. The zero-order valence-electron chi connectivity index (χ0n) is 6.87. The molecule has 0 radical (unpaired) electrons. The van der Waals surface area contributed by atoms with Crippen LogP contribution in [0.25, 0.3) is 0 Å². The van der Waals surface area contributed by atoms with Crippen molar-refractivity contribution in [2.45, 2.75) is 13.1 Å². The van der Waals surface area contributed by atoms with E-state index in [1.807, 2.05) is 0 Å².